The van der Waals surface area contributed by atoms with Gasteiger partial charge in [-0.15, -0.1) is 0 Å². The van der Waals surface area contributed by atoms with Gasteiger partial charge in [-0.1, -0.05) is 31.5 Å². The summed E-state index contributed by atoms with van der Waals surface area (Å²) in [6.07, 6.45) is 3.14. The van der Waals surface area contributed by atoms with E-state index in [0.717, 1.165) is 52.4 Å². The number of H-pyrrole nitrogens is 1. The molecule has 1 atom stereocenters. The summed E-state index contributed by atoms with van der Waals surface area (Å²) in [7, 11) is 1.32. The van der Waals surface area contributed by atoms with E-state index in [1.807, 2.05) is 30.3 Å². The monoisotopic (exact) mass is 488 g/mol. The molecule has 0 saturated carbocycles. The second-order valence-electron chi connectivity index (χ2n) is 9.03. The number of ether oxygens (including phenoxy) is 2. The summed E-state index contributed by atoms with van der Waals surface area (Å²) in [5, 5.41) is 1.90. The minimum atomic E-state index is -0.742. The lowest BCUT2D eigenvalue weighted by atomic mass is 9.96. The zero-order chi connectivity index (χ0) is 25.2. The molecule has 2 aromatic heterocycles. The van der Waals surface area contributed by atoms with E-state index in [0.29, 0.717) is 17.8 Å². The van der Waals surface area contributed by atoms with Crippen molar-refractivity contribution in [2.45, 2.75) is 45.2 Å². The molecule has 0 aliphatic carbocycles. The first kappa shape index (κ1) is 23.7. The number of carbonyl (C=O) groups is 2. The molecule has 1 aliphatic heterocycles. The molecule has 1 N–H and O–H groups in total. The van der Waals surface area contributed by atoms with Crippen LogP contribution in [0.4, 0.5) is 0 Å². The Balaban J connectivity index is 1.36. The number of aromatic nitrogens is 1. The number of methoxy groups -OCH3 is 1. The number of carbonyl (C=O) groups excluding carboxylic acids is 2. The fourth-order valence-corrected chi connectivity index (χ4v) is 4.92. The lowest BCUT2D eigenvalue weighted by Crippen LogP contribution is -2.50. The Morgan fingerprint density at radius 1 is 1.14 bits per heavy atom. The number of aromatic amines is 1. The number of aryl methyl sites for hydroxylation is 1. The van der Waals surface area contributed by atoms with E-state index in [2.05, 4.69) is 11.9 Å². The molecule has 186 valence electrons. The highest BCUT2D eigenvalue weighted by Gasteiger charge is 2.37. The van der Waals surface area contributed by atoms with Crippen LogP contribution in [0.15, 0.2) is 57.7 Å². The summed E-state index contributed by atoms with van der Waals surface area (Å²) in [5.41, 5.74) is 3.84. The molecule has 0 fully saturated rings. The van der Waals surface area contributed by atoms with E-state index in [9.17, 15) is 14.4 Å². The van der Waals surface area contributed by atoms with Crippen LogP contribution in [-0.2, 0) is 33.7 Å². The number of fused-ring (bicyclic) bond motifs is 4. The van der Waals surface area contributed by atoms with Crippen molar-refractivity contribution < 1.29 is 23.5 Å². The first-order valence-corrected chi connectivity index (χ1v) is 12.1. The predicted octanol–water partition coefficient (Wildman–Crippen LogP) is 4.12. The normalized spacial score (nSPS) is 15.2. The van der Waals surface area contributed by atoms with Gasteiger partial charge in [-0.2, -0.15) is 0 Å². The highest BCUT2D eigenvalue weighted by atomic mass is 16.5. The average molecular weight is 489 g/mol. The molecular weight excluding hydrogens is 460 g/mol. The maximum atomic E-state index is 13.2. The van der Waals surface area contributed by atoms with Crippen molar-refractivity contribution in [1.82, 2.24) is 9.88 Å². The van der Waals surface area contributed by atoms with E-state index in [-0.39, 0.29) is 19.1 Å². The molecule has 1 amide bonds. The largest absolute Gasteiger partial charge is 0.484 e. The maximum Gasteiger partial charge on any atom is 0.336 e. The molecule has 3 heterocycles. The van der Waals surface area contributed by atoms with Crippen LogP contribution in [0.2, 0.25) is 0 Å². The summed E-state index contributed by atoms with van der Waals surface area (Å²) >= 11 is 0. The minimum Gasteiger partial charge on any atom is -0.484 e. The Morgan fingerprint density at radius 3 is 2.78 bits per heavy atom. The minimum absolute atomic E-state index is 0.249. The van der Waals surface area contributed by atoms with Gasteiger partial charge in [0.1, 0.15) is 17.4 Å². The Bertz CT molecular complexity index is 1500. The van der Waals surface area contributed by atoms with Crippen molar-refractivity contribution in [3.05, 3.63) is 75.8 Å². The van der Waals surface area contributed by atoms with Gasteiger partial charge in [0, 0.05) is 40.5 Å². The van der Waals surface area contributed by atoms with Crippen LogP contribution in [-0.4, -0.2) is 41.5 Å². The third-order valence-corrected chi connectivity index (χ3v) is 6.76. The first-order valence-electron chi connectivity index (χ1n) is 12.1. The smallest absolute Gasteiger partial charge is 0.336 e. The standard InChI is InChI=1S/C28H28N2O6/c1-3-4-7-17-12-27(32)36-25-13-18(10-11-19(17)25)35-16-26(31)30-15-23-21(14-24(30)28(33)34-2)20-8-5-6-9-22(20)29-23/h5-6,8-13,24,29H,3-4,7,14-16H2,1-2H3. The first-order chi connectivity index (χ1) is 17.5. The van der Waals surface area contributed by atoms with Crippen LogP contribution < -0.4 is 10.4 Å². The SMILES string of the molecule is CCCCc1cc(=O)oc2cc(OCC(=O)N3Cc4[nH]c5ccccc5c4CC3C(=O)OC)ccc12. The quantitative estimate of drug-likeness (QED) is 0.310. The number of nitrogens with one attached hydrogen (secondary N) is 1. The van der Waals surface area contributed by atoms with Crippen LogP contribution in [0, 0.1) is 0 Å². The number of benzene rings is 2. The predicted molar refractivity (Wildman–Crippen MR) is 135 cm³/mol. The molecule has 0 bridgehead atoms. The zero-order valence-corrected chi connectivity index (χ0v) is 20.3. The topological polar surface area (TPSA) is 102 Å². The molecule has 1 aliphatic rings. The van der Waals surface area contributed by atoms with Crippen molar-refractivity contribution >= 4 is 33.7 Å². The molecule has 8 heteroatoms. The number of amides is 1. The van der Waals surface area contributed by atoms with Gasteiger partial charge in [-0.3, -0.25) is 4.79 Å². The summed E-state index contributed by atoms with van der Waals surface area (Å²) in [6.45, 7) is 2.08. The molecule has 0 spiro atoms. The third kappa shape index (κ3) is 4.46. The third-order valence-electron chi connectivity index (χ3n) is 6.76. The molecule has 4 aromatic rings. The summed E-state index contributed by atoms with van der Waals surface area (Å²) in [6, 6.07) is 13.9. The Morgan fingerprint density at radius 2 is 1.97 bits per heavy atom. The molecule has 2 aromatic carbocycles. The van der Waals surface area contributed by atoms with Gasteiger partial charge < -0.3 is 23.8 Å². The van der Waals surface area contributed by atoms with Crippen LogP contribution in [0.25, 0.3) is 21.9 Å². The molecule has 0 saturated heterocycles. The number of rotatable bonds is 7. The Labute approximate surface area is 207 Å². The molecule has 0 radical (unpaired) electrons. The number of para-hydroxylation sites is 1. The number of esters is 1. The lowest BCUT2D eigenvalue weighted by Gasteiger charge is -2.33. The van der Waals surface area contributed by atoms with E-state index in [4.69, 9.17) is 13.9 Å². The summed E-state index contributed by atoms with van der Waals surface area (Å²) in [5.74, 6) is -0.399. The van der Waals surface area contributed by atoms with Crippen LogP contribution in [0.5, 0.6) is 5.75 Å². The Hall–Kier alpha value is -4.07. The van der Waals surface area contributed by atoms with Crippen molar-refractivity contribution in [2.75, 3.05) is 13.7 Å². The molecule has 1 unspecified atom stereocenters. The van der Waals surface area contributed by atoms with Crippen LogP contribution in [0.1, 0.15) is 36.6 Å². The van der Waals surface area contributed by atoms with Gasteiger partial charge in [0.25, 0.3) is 5.91 Å². The number of hydrogen-bond acceptors (Lipinski definition) is 6. The van der Waals surface area contributed by atoms with E-state index < -0.39 is 17.6 Å². The second kappa shape index (κ2) is 9.89. The number of hydrogen-bond donors (Lipinski definition) is 1. The highest BCUT2D eigenvalue weighted by Crippen LogP contribution is 2.31. The van der Waals surface area contributed by atoms with Gasteiger partial charge >= 0.3 is 11.6 Å². The van der Waals surface area contributed by atoms with Gasteiger partial charge in [0.05, 0.1) is 13.7 Å². The molecular formula is C28H28N2O6. The molecule has 8 nitrogen and oxygen atoms in total. The lowest BCUT2D eigenvalue weighted by molar-refractivity contribution is -0.154. The average Bonchev–Trinajstić information content (AvgIpc) is 3.26. The summed E-state index contributed by atoms with van der Waals surface area (Å²) in [4.78, 5) is 42.7. The molecule has 5 rings (SSSR count). The van der Waals surface area contributed by atoms with Crippen molar-refractivity contribution in [3.8, 4) is 5.75 Å². The van der Waals surface area contributed by atoms with Crippen LogP contribution >= 0.6 is 0 Å². The van der Waals surface area contributed by atoms with Gasteiger partial charge in [0.2, 0.25) is 0 Å². The van der Waals surface area contributed by atoms with Gasteiger partial charge in [0.15, 0.2) is 6.61 Å². The summed E-state index contributed by atoms with van der Waals surface area (Å²) < 4.78 is 16.2. The number of unbranched alkanes of at least 4 members (excludes halogenated alkanes) is 1. The zero-order valence-electron chi connectivity index (χ0n) is 20.3. The van der Waals surface area contributed by atoms with Crippen molar-refractivity contribution in [1.29, 1.82) is 0 Å². The maximum absolute atomic E-state index is 13.2. The molecule has 36 heavy (non-hydrogen) atoms. The van der Waals surface area contributed by atoms with E-state index >= 15 is 0 Å². The van der Waals surface area contributed by atoms with Crippen molar-refractivity contribution in [3.63, 3.8) is 0 Å². The highest BCUT2D eigenvalue weighted by molar-refractivity contribution is 5.90. The van der Waals surface area contributed by atoms with E-state index in [1.54, 1.807) is 12.1 Å². The Kier molecular flexibility index (Phi) is 6.50. The van der Waals surface area contributed by atoms with Gasteiger partial charge in [-0.05, 0) is 42.2 Å². The van der Waals surface area contributed by atoms with E-state index in [1.165, 1.54) is 18.1 Å². The fraction of sp³-hybridized carbons (Fsp3) is 0.321. The van der Waals surface area contributed by atoms with Crippen LogP contribution in [0.3, 0.4) is 0 Å². The van der Waals surface area contributed by atoms with Crippen molar-refractivity contribution in [2.24, 2.45) is 0 Å². The van der Waals surface area contributed by atoms with Gasteiger partial charge in [-0.25, -0.2) is 9.59 Å². The second-order valence-corrected chi connectivity index (χ2v) is 9.03. The fourth-order valence-electron chi connectivity index (χ4n) is 4.92. The number of nitrogens with zero attached hydrogens (tertiary/aromatic N) is 1.